The molecule has 4 N–H and O–H groups in total. The van der Waals surface area contributed by atoms with E-state index in [-0.39, 0.29) is 12.5 Å². The van der Waals surface area contributed by atoms with Crippen molar-refractivity contribution in [2.45, 2.75) is 63.1 Å². The van der Waals surface area contributed by atoms with Gasteiger partial charge in [-0.25, -0.2) is 9.59 Å². The number of aliphatic hydroxyl groups excluding tert-OH is 1. The van der Waals surface area contributed by atoms with Gasteiger partial charge in [-0.1, -0.05) is 67.8 Å². The molecule has 0 heterocycles. The van der Waals surface area contributed by atoms with Crippen LogP contribution in [0.15, 0.2) is 48.5 Å². The van der Waals surface area contributed by atoms with Gasteiger partial charge in [-0.3, -0.25) is 4.79 Å². The zero-order chi connectivity index (χ0) is 24.9. The molecule has 186 valence electrons. The Kier molecular flexibility index (Phi) is 7.70. The Morgan fingerprint density at radius 2 is 1.57 bits per heavy atom. The number of alkyl carbamates (subject to hydrolysis) is 1. The van der Waals surface area contributed by atoms with Crippen molar-refractivity contribution in [2.24, 2.45) is 5.92 Å². The van der Waals surface area contributed by atoms with Gasteiger partial charge in [0.15, 0.2) is 6.04 Å². The number of hydrogen-bond donors (Lipinski definition) is 4. The molecule has 0 bridgehead atoms. The number of rotatable bonds is 7. The van der Waals surface area contributed by atoms with Gasteiger partial charge < -0.3 is 25.6 Å². The minimum absolute atomic E-state index is 0.0660. The molecule has 1 saturated carbocycles. The highest BCUT2D eigenvalue weighted by Gasteiger charge is 2.35. The molecule has 0 spiro atoms. The Bertz CT molecular complexity index is 1040. The maximum Gasteiger partial charge on any atom is 0.407 e. The zero-order valence-corrected chi connectivity index (χ0v) is 19.8. The number of carboxylic acid groups (broad SMARTS) is 1. The lowest BCUT2D eigenvalue weighted by atomic mass is 9.93. The van der Waals surface area contributed by atoms with Crippen molar-refractivity contribution in [3.63, 3.8) is 0 Å². The van der Waals surface area contributed by atoms with E-state index in [1.54, 1.807) is 0 Å². The molecule has 0 aromatic heterocycles. The van der Waals surface area contributed by atoms with Crippen molar-refractivity contribution >= 4 is 18.0 Å². The van der Waals surface area contributed by atoms with Crippen LogP contribution in [-0.4, -0.2) is 53.0 Å². The zero-order valence-electron chi connectivity index (χ0n) is 19.8. The van der Waals surface area contributed by atoms with E-state index in [0.717, 1.165) is 41.5 Å². The van der Waals surface area contributed by atoms with E-state index < -0.39 is 42.1 Å². The van der Waals surface area contributed by atoms with Gasteiger partial charge in [0.2, 0.25) is 5.91 Å². The van der Waals surface area contributed by atoms with Gasteiger partial charge in [0.25, 0.3) is 0 Å². The van der Waals surface area contributed by atoms with Gasteiger partial charge in [0.1, 0.15) is 6.61 Å². The summed E-state index contributed by atoms with van der Waals surface area (Å²) in [5.74, 6) is -2.45. The van der Waals surface area contributed by atoms with Gasteiger partial charge in [-0.05, 0) is 42.0 Å². The van der Waals surface area contributed by atoms with E-state index in [0.29, 0.717) is 12.8 Å². The van der Waals surface area contributed by atoms with Crippen LogP contribution in [0.3, 0.4) is 0 Å². The highest BCUT2D eigenvalue weighted by Crippen LogP contribution is 2.44. The van der Waals surface area contributed by atoms with Gasteiger partial charge in [0, 0.05) is 12.0 Å². The Labute approximate surface area is 204 Å². The van der Waals surface area contributed by atoms with Crippen LogP contribution < -0.4 is 10.6 Å². The van der Waals surface area contributed by atoms with Gasteiger partial charge in [0.05, 0.1) is 12.0 Å². The lowest BCUT2D eigenvalue weighted by Crippen LogP contribution is -2.53. The lowest BCUT2D eigenvalue weighted by Gasteiger charge is -2.27. The molecule has 2 amide bonds. The van der Waals surface area contributed by atoms with Gasteiger partial charge in [-0.15, -0.1) is 0 Å². The first-order chi connectivity index (χ1) is 16.9. The molecule has 2 aliphatic rings. The Morgan fingerprint density at radius 1 is 0.971 bits per heavy atom. The number of carboxylic acids is 1. The molecule has 2 aromatic rings. The topological polar surface area (TPSA) is 125 Å². The molecule has 1 fully saturated rings. The van der Waals surface area contributed by atoms with Crippen LogP contribution in [-0.2, 0) is 14.3 Å². The molecule has 0 radical (unpaired) electrons. The van der Waals surface area contributed by atoms with Crippen LogP contribution >= 0.6 is 0 Å². The van der Waals surface area contributed by atoms with Crippen molar-refractivity contribution in [3.05, 3.63) is 59.7 Å². The fourth-order valence-corrected chi connectivity index (χ4v) is 5.23. The number of ether oxygens (including phenoxy) is 1. The molecular formula is C27H32N2O6. The maximum atomic E-state index is 12.9. The van der Waals surface area contributed by atoms with Crippen molar-refractivity contribution in [1.29, 1.82) is 0 Å². The smallest absolute Gasteiger partial charge is 0.407 e. The van der Waals surface area contributed by atoms with E-state index >= 15 is 0 Å². The molecule has 8 heteroatoms. The minimum Gasteiger partial charge on any atom is -0.480 e. The molecule has 35 heavy (non-hydrogen) atoms. The molecule has 4 rings (SSSR count). The quantitative estimate of drug-likeness (QED) is 0.450. The highest BCUT2D eigenvalue weighted by molar-refractivity contribution is 5.86. The average molecular weight is 481 g/mol. The number of amides is 2. The summed E-state index contributed by atoms with van der Waals surface area (Å²) in [5, 5.41) is 24.3. The number of hydrogen-bond acceptors (Lipinski definition) is 5. The third-order valence-corrected chi connectivity index (χ3v) is 7.05. The second kappa shape index (κ2) is 10.9. The standard InChI is InChI=1S/C27H32N2O6/c1-16(30)24(26(32)33)29-25(31)21-13-3-2-4-14-23(21)28-27(34)35-15-22-19-11-7-5-9-17(19)18-10-6-8-12-20(18)22/h5-12,16,21-24,30H,2-4,13-15H2,1H3,(H,28,34)(H,29,31)(H,32,33)/t16-,21-,23+,24+/m1/s1. The Morgan fingerprint density at radius 3 is 2.17 bits per heavy atom. The van der Waals surface area contributed by atoms with Crippen LogP contribution in [0.1, 0.15) is 56.1 Å². The number of benzene rings is 2. The lowest BCUT2D eigenvalue weighted by molar-refractivity contribution is -0.145. The van der Waals surface area contributed by atoms with Crippen molar-refractivity contribution in [1.82, 2.24) is 10.6 Å². The largest absolute Gasteiger partial charge is 0.480 e. The molecule has 0 saturated heterocycles. The summed E-state index contributed by atoms with van der Waals surface area (Å²) in [6, 6.07) is 14.3. The maximum absolute atomic E-state index is 12.9. The van der Waals surface area contributed by atoms with Crippen LogP contribution in [0.2, 0.25) is 0 Å². The van der Waals surface area contributed by atoms with E-state index in [1.165, 1.54) is 6.92 Å². The summed E-state index contributed by atoms with van der Waals surface area (Å²) in [6.07, 6.45) is 1.84. The van der Waals surface area contributed by atoms with E-state index in [1.807, 2.05) is 36.4 Å². The number of aliphatic carboxylic acids is 1. The number of fused-ring (bicyclic) bond motifs is 3. The fourth-order valence-electron chi connectivity index (χ4n) is 5.23. The van der Waals surface area contributed by atoms with Crippen LogP contribution in [0.25, 0.3) is 11.1 Å². The predicted molar refractivity (Wildman–Crippen MR) is 130 cm³/mol. The van der Waals surface area contributed by atoms with E-state index in [4.69, 9.17) is 4.74 Å². The summed E-state index contributed by atoms with van der Waals surface area (Å²) in [7, 11) is 0. The number of carbonyl (C=O) groups is 3. The summed E-state index contributed by atoms with van der Waals surface area (Å²) in [6.45, 7) is 1.49. The Hall–Kier alpha value is -3.39. The third-order valence-electron chi connectivity index (χ3n) is 7.05. The molecular weight excluding hydrogens is 448 g/mol. The van der Waals surface area contributed by atoms with Crippen LogP contribution in [0, 0.1) is 5.92 Å². The normalized spacial score (nSPS) is 21.1. The first kappa shape index (κ1) is 24.7. The second-order valence-electron chi connectivity index (χ2n) is 9.39. The number of nitrogens with one attached hydrogen (secondary N) is 2. The first-order valence-electron chi connectivity index (χ1n) is 12.2. The van der Waals surface area contributed by atoms with Crippen molar-refractivity contribution in [2.75, 3.05) is 6.61 Å². The van der Waals surface area contributed by atoms with E-state index in [9.17, 15) is 24.6 Å². The molecule has 2 aromatic carbocycles. The Balaban J connectivity index is 1.42. The number of aliphatic hydroxyl groups is 1. The molecule has 0 unspecified atom stereocenters. The predicted octanol–water partition coefficient (Wildman–Crippen LogP) is 3.42. The van der Waals surface area contributed by atoms with Gasteiger partial charge in [-0.2, -0.15) is 0 Å². The summed E-state index contributed by atoms with van der Waals surface area (Å²) < 4.78 is 5.65. The summed E-state index contributed by atoms with van der Waals surface area (Å²) in [4.78, 5) is 37.1. The highest BCUT2D eigenvalue weighted by atomic mass is 16.5. The molecule has 0 aliphatic heterocycles. The average Bonchev–Trinajstić information content (AvgIpc) is 2.97. The second-order valence-corrected chi connectivity index (χ2v) is 9.39. The van der Waals surface area contributed by atoms with Crippen LogP contribution in [0.5, 0.6) is 0 Å². The van der Waals surface area contributed by atoms with E-state index in [2.05, 4.69) is 22.8 Å². The minimum atomic E-state index is -1.40. The third kappa shape index (κ3) is 5.48. The fraction of sp³-hybridized carbons (Fsp3) is 0.444. The van der Waals surface area contributed by atoms with Crippen LogP contribution in [0.4, 0.5) is 4.79 Å². The molecule has 4 atom stereocenters. The monoisotopic (exact) mass is 480 g/mol. The molecule has 8 nitrogen and oxygen atoms in total. The van der Waals surface area contributed by atoms with Gasteiger partial charge >= 0.3 is 12.1 Å². The summed E-state index contributed by atoms with van der Waals surface area (Å²) in [5.41, 5.74) is 4.52. The van der Waals surface area contributed by atoms with Crippen molar-refractivity contribution < 1.29 is 29.3 Å². The van der Waals surface area contributed by atoms with Crippen molar-refractivity contribution in [3.8, 4) is 11.1 Å². The first-order valence-corrected chi connectivity index (χ1v) is 12.2. The number of carbonyl (C=O) groups excluding carboxylic acids is 2. The molecule has 2 aliphatic carbocycles. The SMILES string of the molecule is C[C@@H](O)[C@H](NC(=O)[C@@H]1CCCCC[C@@H]1NC(=O)OCC1c2ccccc2-c2ccccc21)C(=O)O. The summed E-state index contributed by atoms with van der Waals surface area (Å²) >= 11 is 0.